The van der Waals surface area contributed by atoms with Crippen molar-refractivity contribution in [3.63, 3.8) is 0 Å². The second-order valence-corrected chi connectivity index (χ2v) is 3.58. The number of nitriles is 1. The predicted octanol–water partition coefficient (Wildman–Crippen LogP) is 2.61. The van der Waals surface area contributed by atoms with E-state index in [1.54, 1.807) is 16.8 Å². The third-order valence-electron chi connectivity index (χ3n) is 2.19. The lowest BCUT2D eigenvalue weighted by atomic mass is 10.2. The summed E-state index contributed by atoms with van der Waals surface area (Å²) in [5, 5.41) is 9.46. The summed E-state index contributed by atoms with van der Waals surface area (Å²) < 4.78 is 1.74. The molecule has 0 aliphatic carbocycles. The van der Waals surface area contributed by atoms with Crippen LogP contribution < -0.4 is 0 Å². The Kier molecular flexibility index (Phi) is 2.44. The Bertz CT molecular complexity index is 537. The van der Waals surface area contributed by atoms with E-state index in [4.69, 9.17) is 16.9 Å². The lowest BCUT2D eigenvalue weighted by molar-refractivity contribution is 0.907. The molecule has 0 saturated heterocycles. The number of benzene rings is 1. The van der Waals surface area contributed by atoms with Crippen LogP contribution in [0.1, 0.15) is 5.69 Å². The third kappa shape index (κ3) is 1.72. The lowest BCUT2D eigenvalue weighted by Gasteiger charge is -2.02. The molecule has 0 aliphatic heterocycles. The Morgan fingerprint density at radius 1 is 1.47 bits per heavy atom. The molecule has 0 bridgehead atoms. The average molecular weight is 218 g/mol. The molecule has 0 N–H and O–H groups in total. The number of rotatable bonds is 1. The first-order valence-electron chi connectivity index (χ1n) is 4.40. The smallest absolute Gasteiger partial charge is 0.140 e. The second-order valence-electron chi connectivity index (χ2n) is 3.15. The highest BCUT2D eigenvalue weighted by molar-refractivity contribution is 6.30. The maximum absolute atomic E-state index is 8.80. The summed E-state index contributed by atoms with van der Waals surface area (Å²) in [6.07, 6.45) is 1.55. The number of imidazole rings is 1. The van der Waals surface area contributed by atoms with Gasteiger partial charge in [0.1, 0.15) is 17.6 Å². The fraction of sp³-hybridized carbons (Fsp3) is 0.0909. The fourth-order valence-corrected chi connectivity index (χ4v) is 1.60. The summed E-state index contributed by atoms with van der Waals surface area (Å²) in [5.41, 5.74) is 1.44. The summed E-state index contributed by atoms with van der Waals surface area (Å²) in [6, 6.07) is 9.47. The first kappa shape index (κ1) is 9.75. The quantitative estimate of drug-likeness (QED) is 0.737. The third-order valence-corrected chi connectivity index (χ3v) is 2.42. The Morgan fingerprint density at radius 2 is 2.27 bits per heavy atom. The van der Waals surface area contributed by atoms with E-state index in [0.717, 1.165) is 11.4 Å². The zero-order chi connectivity index (χ0) is 10.8. The normalized spacial score (nSPS) is 9.93. The van der Waals surface area contributed by atoms with Gasteiger partial charge in [0.25, 0.3) is 0 Å². The van der Waals surface area contributed by atoms with E-state index in [1.807, 2.05) is 25.2 Å². The Labute approximate surface area is 92.6 Å². The van der Waals surface area contributed by atoms with Gasteiger partial charge in [-0.2, -0.15) is 5.26 Å². The average Bonchev–Trinajstić information content (AvgIpc) is 2.59. The van der Waals surface area contributed by atoms with Gasteiger partial charge in [0, 0.05) is 17.6 Å². The van der Waals surface area contributed by atoms with Crippen LogP contribution in [0.3, 0.4) is 0 Å². The number of hydrogen-bond acceptors (Lipinski definition) is 2. The number of nitrogens with zero attached hydrogens (tertiary/aromatic N) is 3. The van der Waals surface area contributed by atoms with E-state index in [1.165, 1.54) is 0 Å². The second kappa shape index (κ2) is 3.76. The van der Waals surface area contributed by atoms with Crippen LogP contribution in [-0.4, -0.2) is 9.55 Å². The van der Waals surface area contributed by atoms with Crippen LogP contribution in [0.2, 0.25) is 5.02 Å². The van der Waals surface area contributed by atoms with Gasteiger partial charge in [-0.15, -0.1) is 0 Å². The summed E-state index contributed by atoms with van der Waals surface area (Å²) in [5.74, 6) is 0.744. The molecule has 0 aliphatic rings. The van der Waals surface area contributed by atoms with Gasteiger partial charge in [0.15, 0.2) is 0 Å². The van der Waals surface area contributed by atoms with E-state index in [9.17, 15) is 0 Å². The Morgan fingerprint density at radius 3 is 2.87 bits per heavy atom. The summed E-state index contributed by atoms with van der Waals surface area (Å²) in [6.45, 7) is 0. The van der Waals surface area contributed by atoms with Crippen LogP contribution in [0.25, 0.3) is 11.4 Å². The molecule has 74 valence electrons. The molecule has 0 unspecified atom stereocenters. The molecule has 0 saturated carbocycles. The van der Waals surface area contributed by atoms with Crippen molar-refractivity contribution in [2.75, 3.05) is 0 Å². The van der Waals surface area contributed by atoms with E-state index < -0.39 is 0 Å². The first-order chi connectivity index (χ1) is 7.22. The standard InChI is InChI=1S/C11H8ClN3/c1-15-10(6-13)7-14-11(15)8-3-2-4-9(12)5-8/h2-5,7H,1H3. The molecule has 1 aromatic carbocycles. The van der Waals surface area contributed by atoms with Crippen LogP contribution in [0.4, 0.5) is 0 Å². The first-order valence-corrected chi connectivity index (χ1v) is 4.78. The maximum Gasteiger partial charge on any atom is 0.140 e. The SMILES string of the molecule is Cn1c(C#N)cnc1-c1cccc(Cl)c1. The molecule has 0 fully saturated rings. The zero-order valence-electron chi connectivity index (χ0n) is 8.11. The minimum absolute atomic E-state index is 0.532. The van der Waals surface area contributed by atoms with Gasteiger partial charge in [0.05, 0.1) is 6.20 Å². The molecule has 0 spiro atoms. The highest BCUT2D eigenvalue weighted by atomic mass is 35.5. The van der Waals surface area contributed by atoms with Gasteiger partial charge >= 0.3 is 0 Å². The minimum Gasteiger partial charge on any atom is -0.319 e. The molecule has 2 aromatic rings. The predicted molar refractivity (Wildman–Crippen MR) is 58.4 cm³/mol. The molecule has 4 heteroatoms. The fourth-order valence-electron chi connectivity index (χ4n) is 1.41. The maximum atomic E-state index is 8.80. The number of aromatic nitrogens is 2. The summed E-state index contributed by atoms with van der Waals surface area (Å²) >= 11 is 5.89. The van der Waals surface area contributed by atoms with Crippen LogP contribution >= 0.6 is 11.6 Å². The Balaban J connectivity index is 2.56. The van der Waals surface area contributed by atoms with Gasteiger partial charge in [-0.05, 0) is 12.1 Å². The number of hydrogen-bond donors (Lipinski definition) is 0. The molecular weight excluding hydrogens is 210 g/mol. The summed E-state index contributed by atoms with van der Waals surface area (Å²) in [4.78, 5) is 4.18. The zero-order valence-corrected chi connectivity index (χ0v) is 8.86. The van der Waals surface area contributed by atoms with Crippen molar-refractivity contribution in [1.82, 2.24) is 9.55 Å². The van der Waals surface area contributed by atoms with Crippen molar-refractivity contribution >= 4 is 11.6 Å². The molecule has 0 radical (unpaired) electrons. The highest BCUT2D eigenvalue weighted by Gasteiger charge is 2.07. The van der Waals surface area contributed by atoms with E-state index in [2.05, 4.69) is 11.1 Å². The van der Waals surface area contributed by atoms with Crippen molar-refractivity contribution in [1.29, 1.82) is 5.26 Å². The molecule has 3 nitrogen and oxygen atoms in total. The van der Waals surface area contributed by atoms with Crippen LogP contribution in [-0.2, 0) is 7.05 Å². The molecule has 15 heavy (non-hydrogen) atoms. The van der Waals surface area contributed by atoms with Crippen molar-refractivity contribution in [2.45, 2.75) is 0 Å². The molecule has 0 amide bonds. The topological polar surface area (TPSA) is 41.6 Å². The van der Waals surface area contributed by atoms with Crippen molar-refractivity contribution in [3.8, 4) is 17.5 Å². The van der Waals surface area contributed by atoms with Gasteiger partial charge in [-0.3, -0.25) is 0 Å². The van der Waals surface area contributed by atoms with Gasteiger partial charge in [0.2, 0.25) is 0 Å². The monoisotopic (exact) mass is 217 g/mol. The van der Waals surface area contributed by atoms with E-state index in [-0.39, 0.29) is 0 Å². The molecule has 0 atom stereocenters. The van der Waals surface area contributed by atoms with Crippen molar-refractivity contribution in [2.24, 2.45) is 7.05 Å². The van der Waals surface area contributed by atoms with Crippen molar-refractivity contribution in [3.05, 3.63) is 41.2 Å². The van der Waals surface area contributed by atoms with E-state index in [0.29, 0.717) is 10.7 Å². The molecular formula is C11H8ClN3. The van der Waals surface area contributed by atoms with Crippen LogP contribution in [0.15, 0.2) is 30.5 Å². The van der Waals surface area contributed by atoms with E-state index >= 15 is 0 Å². The van der Waals surface area contributed by atoms with Crippen molar-refractivity contribution < 1.29 is 0 Å². The molecule has 1 heterocycles. The minimum atomic E-state index is 0.532. The highest BCUT2D eigenvalue weighted by Crippen LogP contribution is 2.21. The molecule has 1 aromatic heterocycles. The van der Waals surface area contributed by atoms with Crippen LogP contribution in [0, 0.1) is 11.3 Å². The van der Waals surface area contributed by atoms with Gasteiger partial charge in [-0.25, -0.2) is 4.98 Å². The summed E-state index contributed by atoms with van der Waals surface area (Å²) in [7, 11) is 1.81. The Hall–Kier alpha value is -1.79. The van der Waals surface area contributed by atoms with Gasteiger partial charge < -0.3 is 4.57 Å². The van der Waals surface area contributed by atoms with Crippen LogP contribution in [0.5, 0.6) is 0 Å². The van der Waals surface area contributed by atoms with Gasteiger partial charge in [-0.1, -0.05) is 23.7 Å². The number of halogens is 1. The largest absolute Gasteiger partial charge is 0.319 e. The lowest BCUT2D eigenvalue weighted by Crippen LogP contribution is -1.95. The molecule has 2 rings (SSSR count).